The largest absolute Gasteiger partial charge is 0.260 e. The van der Waals surface area contributed by atoms with Gasteiger partial charge in [0, 0.05) is 16.1 Å². The Kier molecular flexibility index (Phi) is 3.24. The standard InChI is InChI=1S/C14H9BrFNOS/c15-11-8-10-6-7-17(14(10)13(16)9-11)19(18)12-4-2-1-3-5-12/h1-9H. The van der Waals surface area contributed by atoms with Gasteiger partial charge >= 0.3 is 0 Å². The fraction of sp³-hybridized carbons (Fsp3) is 0. The highest BCUT2D eigenvalue weighted by Crippen LogP contribution is 2.26. The Morgan fingerprint density at radius 1 is 1.11 bits per heavy atom. The highest BCUT2D eigenvalue weighted by atomic mass is 79.9. The molecule has 1 heterocycles. The number of hydrogen-bond donors (Lipinski definition) is 0. The third kappa shape index (κ3) is 2.24. The van der Waals surface area contributed by atoms with Crippen LogP contribution >= 0.6 is 15.9 Å². The van der Waals surface area contributed by atoms with Crippen LogP contribution in [0.1, 0.15) is 0 Å². The second-order valence-electron chi connectivity index (χ2n) is 4.03. The highest BCUT2D eigenvalue weighted by Gasteiger charge is 2.13. The van der Waals surface area contributed by atoms with Crippen molar-refractivity contribution in [3.8, 4) is 0 Å². The van der Waals surface area contributed by atoms with Gasteiger partial charge in [-0.05, 0) is 30.3 Å². The molecule has 1 aromatic heterocycles. The Labute approximate surface area is 120 Å². The molecule has 3 aromatic rings. The molecule has 19 heavy (non-hydrogen) atoms. The number of aromatic nitrogens is 1. The molecule has 5 heteroatoms. The smallest absolute Gasteiger partial charge is 0.157 e. The van der Waals surface area contributed by atoms with E-state index in [0.717, 1.165) is 5.39 Å². The molecule has 1 unspecified atom stereocenters. The first-order chi connectivity index (χ1) is 9.16. The van der Waals surface area contributed by atoms with Gasteiger partial charge in [-0.1, -0.05) is 34.1 Å². The fourth-order valence-corrected chi connectivity index (χ4v) is 3.55. The van der Waals surface area contributed by atoms with E-state index >= 15 is 0 Å². The molecule has 3 rings (SSSR count). The van der Waals surface area contributed by atoms with Crippen LogP contribution in [0.4, 0.5) is 4.39 Å². The van der Waals surface area contributed by atoms with E-state index in [1.807, 2.05) is 18.2 Å². The molecule has 0 aliphatic rings. The van der Waals surface area contributed by atoms with Crippen molar-refractivity contribution >= 4 is 37.8 Å². The molecule has 2 nitrogen and oxygen atoms in total. The lowest BCUT2D eigenvalue weighted by Crippen LogP contribution is -2.04. The molecule has 0 aliphatic carbocycles. The Morgan fingerprint density at radius 3 is 2.58 bits per heavy atom. The van der Waals surface area contributed by atoms with E-state index in [1.54, 1.807) is 30.5 Å². The van der Waals surface area contributed by atoms with Crippen LogP contribution in [0.5, 0.6) is 0 Å². The average molecular weight is 338 g/mol. The third-order valence-corrected chi connectivity index (χ3v) is 4.59. The van der Waals surface area contributed by atoms with Crippen molar-refractivity contribution < 1.29 is 8.60 Å². The van der Waals surface area contributed by atoms with Crippen LogP contribution in [0, 0.1) is 5.82 Å². The Hall–Kier alpha value is -1.46. The quantitative estimate of drug-likeness (QED) is 0.689. The molecule has 96 valence electrons. The molecule has 2 aromatic carbocycles. The van der Waals surface area contributed by atoms with Gasteiger partial charge in [0.1, 0.15) is 5.82 Å². The van der Waals surface area contributed by atoms with Crippen LogP contribution in [-0.2, 0) is 11.0 Å². The van der Waals surface area contributed by atoms with E-state index in [9.17, 15) is 8.60 Å². The van der Waals surface area contributed by atoms with Crippen LogP contribution in [0.3, 0.4) is 0 Å². The molecular weight excluding hydrogens is 329 g/mol. The maximum absolute atomic E-state index is 14.0. The maximum atomic E-state index is 14.0. The molecule has 0 saturated carbocycles. The van der Waals surface area contributed by atoms with Crippen molar-refractivity contribution in [2.75, 3.05) is 0 Å². The van der Waals surface area contributed by atoms with Crippen LogP contribution in [0.2, 0.25) is 0 Å². The van der Waals surface area contributed by atoms with Gasteiger partial charge in [0.25, 0.3) is 0 Å². The summed E-state index contributed by atoms with van der Waals surface area (Å²) in [5, 5.41) is 0.719. The summed E-state index contributed by atoms with van der Waals surface area (Å²) in [6.45, 7) is 0. The normalized spacial score (nSPS) is 12.7. The van der Waals surface area contributed by atoms with Gasteiger partial charge in [0.15, 0.2) is 11.0 Å². The molecule has 0 aliphatic heterocycles. The Morgan fingerprint density at radius 2 is 1.84 bits per heavy atom. The van der Waals surface area contributed by atoms with Gasteiger partial charge in [-0.15, -0.1) is 0 Å². The minimum absolute atomic E-state index is 0.352. The predicted molar refractivity (Wildman–Crippen MR) is 77.8 cm³/mol. The van der Waals surface area contributed by atoms with E-state index in [0.29, 0.717) is 14.9 Å². The van der Waals surface area contributed by atoms with Crippen molar-refractivity contribution in [1.29, 1.82) is 0 Å². The van der Waals surface area contributed by atoms with E-state index < -0.39 is 16.8 Å². The van der Waals surface area contributed by atoms with E-state index in [2.05, 4.69) is 15.9 Å². The molecule has 0 fully saturated rings. The van der Waals surface area contributed by atoms with Crippen molar-refractivity contribution in [3.05, 3.63) is 65.0 Å². The molecular formula is C14H9BrFNOS. The topological polar surface area (TPSA) is 22.0 Å². The highest BCUT2D eigenvalue weighted by molar-refractivity contribution is 9.10. The lowest BCUT2D eigenvalue weighted by Gasteiger charge is -2.06. The summed E-state index contributed by atoms with van der Waals surface area (Å²) in [6, 6.07) is 13.9. The van der Waals surface area contributed by atoms with Gasteiger partial charge in [0.2, 0.25) is 0 Å². The van der Waals surface area contributed by atoms with Crippen molar-refractivity contribution in [1.82, 2.24) is 3.97 Å². The van der Waals surface area contributed by atoms with Gasteiger partial charge in [-0.3, -0.25) is 3.97 Å². The summed E-state index contributed by atoms with van der Waals surface area (Å²) < 4.78 is 28.6. The molecule has 0 spiro atoms. The van der Waals surface area contributed by atoms with Crippen molar-refractivity contribution in [2.45, 2.75) is 4.90 Å². The van der Waals surface area contributed by atoms with Crippen LogP contribution in [0.25, 0.3) is 10.9 Å². The minimum Gasteiger partial charge on any atom is -0.260 e. The molecule has 0 N–H and O–H groups in total. The zero-order chi connectivity index (χ0) is 13.4. The maximum Gasteiger partial charge on any atom is 0.157 e. The van der Waals surface area contributed by atoms with E-state index in [1.165, 1.54) is 10.0 Å². The number of hydrogen-bond acceptors (Lipinski definition) is 1. The average Bonchev–Trinajstić information content (AvgIpc) is 2.83. The lowest BCUT2D eigenvalue weighted by atomic mass is 10.2. The number of nitrogens with zero attached hydrogens (tertiary/aromatic N) is 1. The summed E-state index contributed by atoms with van der Waals surface area (Å²) in [4.78, 5) is 0.641. The summed E-state index contributed by atoms with van der Waals surface area (Å²) in [6.07, 6.45) is 1.64. The van der Waals surface area contributed by atoms with Gasteiger partial charge in [0.05, 0.1) is 10.4 Å². The fourth-order valence-electron chi connectivity index (χ4n) is 1.96. The van der Waals surface area contributed by atoms with Crippen molar-refractivity contribution in [3.63, 3.8) is 0 Å². The Balaban J connectivity index is 2.19. The third-order valence-electron chi connectivity index (χ3n) is 2.79. The molecule has 0 amide bonds. The molecule has 1 atom stereocenters. The van der Waals surface area contributed by atoms with Gasteiger partial charge in [-0.25, -0.2) is 8.60 Å². The molecule has 0 radical (unpaired) electrons. The van der Waals surface area contributed by atoms with Gasteiger partial charge < -0.3 is 0 Å². The van der Waals surface area contributed by atoms with E-state index in [4.69, 9.17) is 0 Å². The van der Waals surface area contributed by atoms with Crippen LogP contribution < -0.4 is 0 Å². The number of benzene rings is 2. The monoisotopic (exact) mass is 337 g/mol. The lowest BCUT2D eigenvalue weighted by molar-refractivity contribution is 0.633. The van der Waals surface area contributed by atoms with Gasteiger partial charge in [-0.2, -0.15) is 0 Å². The first kappa shape index (κ1) is 12.6. The van der Waals surface area contributed by atoms with Crippen molar-refractivity contribution in [2.24, 2.45) is 0 Å². The van der Waals surface area contributed by atoms with E-state index in [-0.39, 0.29) is 0 Å². The molecule has 0 bridgehead atoms. The zero-order valence-corrected chi connectivity index (χ0v) is 12.1. The number of rotatable bonds is 2. The predicted octanol–water partition coefficient (Wildman–Crippen LogP) is 4.11. The second-order valence-corrected chi connectivity index (χ2v) is 6.31. The summed E-state index contributed by atoms with van der Waals surface area (Å²) in [7, 11) is -1.45. The second kappa shape index (κ2) is 4.90. The number of halogens is 2. The first-order valence-electron chi connectivity index (χ1n) is 5.60. The Bertz CT molecular complexity index is 770. The molecule has 0 saturated heterocycles. The van der Waals surface area contributed by atoms with Crippen LogP contribution in [0.15, 0.2) is 64.1 Å². The SMILES string of the molecule is O=S(c1ccccc1)n1ccc2cc(Br)cc(F)c21. The summed E-state index contributed by atoms with van der Waals surface area (Å²) in [5.74, 6) is -0.390. The first-order valence-corrected chi connectivity index (χ1v) is 7.50. The minimum atomic E-state index is -1.45. The number of fused-ring (bicyclic) bond motifs is 1. The zero-order valence-electron chi connectivity index (χ0n) is 9.72. The van der Waals surface area contributed by atoms with Crippen LogP contribution in [-0.4, -0.2) is 8.18 Å². The summed E-state index contributed by atoms with van der Waals surface area (Å²) in [5.41, 5.74) is 0.352. The summed E-state index contributed by atoms with van der Waals surface area (Å²) >= 11 is 3.25.